The minimum Gasteiger partial charge on any atom is -0.508 e. The van der Waals surface area contributed by atoms with Crippen molar-refractivity contribution in [1.82, 2.24) is 0 Å². The molecule has 0 aromatic heterocycles. The highest BCUT2D eigenvalue weighted by atomic mass is 16.5. The molecule has 0 aliphatic heterocycles. The van der Waals surface area contributed by atoms with Gasteiger partial charge in [-0.2, -0.15) is 0 Å². The third-order valence-corrected chi connectivity index (χ3v) is 2.54. The van der Waals surface area contributed by atoms with Gasteiger partial charge in [-0.05, 0) is 29.8 Å². The van der Waals surface area contributed by atoms with E-state index in [-0.39, 0.29) is 23.7 Å². The summed E-state index contributed by atoms with van der Waals surface area (Å²) in [4.78, 5) is 10.7. The second kappa shape index (κ2) is 5.30. The van der Waals surface area contributed by atoms with Crippen LogP contribution in [0, 0.1) is 0 Å². The molecule has 2 rings (SSSR count). The molecule has 0 amide bonds. The number of benzene rings is 2. The Bertz CT molecular complexity index is 589. The maximum Gasteiger partial charge on any atom is 0.339 e. The fraction of sp³-hybridized carbons (Fsp3) is 0.0714. The lowest BCUT2D eigenvalue weighted by molar-refractivity contribution is 0.0693. The van der Waals surface area contributed by atoms with Crippen LogP contribution in [-0.4, -0.2) is 21.3 Å². The van der Waals surface area contributed by atoms with Crippen LogP contribution in [-0.2, 0) is 6.61 Å². The fourth-order valence-electron chi connectivity index (χ4n) is 1.54. The summed E-state index contributed by atoms with van der Waals surface area (Å²) < 4.78 is 5.41. The Labute approximate surface area is 109 Å². The third kappa shape index (κ3) is 3.16. The van der Waals surface area contributed by atoms with E-state index in [9.17, 15) is 9.90 Å². The van der Waals surface area contributed by atoms with Crippen molar-refractivity contribution in [3.05, 3.63) is 53.6 Å². The fourth-order valence-corrected chi connectivity index (χ4v) is 1.54. The zero-order chi connectivity index (χ0) is 13.8. The summed E-state index contributed by atoms with van der Waals surface area (Å²) in [6.07, 6.45) is 0. The lowest BCUT2D eigenvalue weighted by Crippen LogP contribution is -1.98. The van der Waals surface area contributed by atoms with Crippen LogP contribution in [0.15, 0.2) is 42.5 Å². The zero-order valence-corrected chi connectivity index (χ0v) is 9.91. The Hall–Kier alpha value is -2.69. The Morgan fingerprint density at radius 2 is 1.74 bits per heavy atom. The van der Waals surface area contributed by atoms with E-state index in [2.05, 4.69) is 0 Å². The highest BCUT2D eigenvalue weighted by molar-refractivity contribution is 5.90. The quantitative estimate of drug-likeness (QED) is 0.785. The number of phenols is 2. The number of hydrogen-bond acceptors (Lipinski definition) is 4. The molecular formula is C14H12O5. The van der Waals surface area contributed by atoms with Crippen molar-refractivity contribution >= 4 is 5.97 Å². The van der Waals surface area contributed by atoms with Gasteiger partial charge in [0.2, 0.25) is 0 Å². The summed E-state index contributed by atoms with van der Waals surface area (Å²) >= 11 is 0. The van der Waals surface area contributed by atoms with E-state index in [0.29, 0.717) is 5.75 Å². The summed E-state index contributed by atoms with van der Waals surface area (Å²) in [5, 5.41) is 27.4. The van der Waals surface area contributed by atoms with Gasteiger partial charge in [0.05, 0.1) is 0 Å². The molecule has 0 saturated heterocycles. The number of carboxylic acid groups (broad SMARTS) is 1. The predicted octanol–water partition coefficient (Wildman–Crippen LogP) is 2.38. The topological polar surface area (TPSA) is 87.0 Å². The number of rotatable bonds is 4. The standard InChI is InChI=1S/C14H12O5/c15-10-3-1-9(2-4-10)8-19-11-5-6-12(14(17)18)13(16)7-11/h1-7,15-16H,8H2,(H,17,18). The van der Waals surface area contributed by atoms with E-state index in [4.69, 9.17) is 14.9 Å². The molecule has 3 N–H and O–H groups in total. The van der Waals surface area contributed by atoms with Crippen LogP contribution in [0.2, 0.25) is 0 Å². The maximum atomic E-state index is 10.7. The molecule has 98 valence electrons. The van der Waals surface area contributed by atoms with Crippen LogP contribution in [0.1, 0.15) is 15.9 Å². The van der Waals surface area contributed by atoms with Crippen molar-refractivity contribution in [2.75, 3.05) is 0 Å². The number of aromatic carboxylic acids is 1. The molecule has 0 fully saturated rings. The Balaban J connectivity index is 2.06. The lowest BCUT2D eigenvalue weighted by Gasteiger charge is -2.08. The predicted molar refractivity (Wildman–Crippen MR) is 67.5 cm³/mol. The van der Waals surface area contributed by atoms with E-state index >= 15 is 0 Å². The van der Waals surface area contributed by atoms with Gasteiger partial charge in [-0.15, -0.1) is 0 Å². The summed E-state index contributed by atoms with van der Waals surface area (Å²) in [5.41, 5.74) is 0.677. The van der Waals surface area contributed by atoms with E-state index in [0.717, 1.165) is 5.56 Å². The first kappa shape index (κ1) is 12.8. The molecule has 0 aliphatic carbocycles. The molecule has 5 nitrogen and oxygen atoms in total. The molecule has 2 aromatic rings. The van der Waals surface area contributed by atoms with Gasteiger partial charge >= 0.3 is 5.97 Å². The van der Waals surface area contributed by atoms with E-state index in [1.807, 2.05) is 0 Å². The van der Waals surface area contributed by atoms with Crippen LogP contribution in [0.5, 0.6) is 17.2 Å². The number of ether oxygens (including phenoxy) is 1. The van der Waals surface area contributed by atoms with Crippen molar-refractivity contribution < 1.29 is 24.9 Å². The number of hydrogen-bond donors (Lipinski definition) is 3. The van der Waals surface area contributed by atoms with E-state index in [1.165, 1.54) is 18.2 Å². The van der Waals surface area contributed by atoms with Crippen LogP contribution in [0.3, 0.4) is 0 Å². The molecule has 0 radical (unpaired) electrons. The molecule has 0 atom stereocenters. The average molecular weight is 260 g/mol. The largest absolute Gasteiger partial charge is 0.508 e. The van der Waals surface area contributed by atoms with Crippen LogP contribution < -0.4 is 4.74 Å². The molecule has 19 heavy (non-hydrogen) atoms. The average Bonchev–Trinajstić information content (AvgIpc) is 2.37. The lowest BCUT2D eigenvalue weighted by atomic mass is 10.2. The van der Waals surface area contributed by atoms with Crippen LogP contribution in [0.25, 0.3) is 0 Å². The van der Waals surface area contributed by atoms with Gasteiger partial charge in [0.15, 0.2) is 0 Å². The third-order valence-electron chi connectivity index (χ3n) is 2.54. The van der Waals surface area contributed by atoms with Crippen LogP contribution >= 0.6 is 0 Å². The SMILES string of the molecule is O=C(O)c1ccc(OCc2ccc(O)cc2)cc1O. The van der Waals surface area contributed by atoms with Crippen molar-refractivity contribution in [2.24, 2.45) is 0 Å². The van der Waals surface area contributed by atoms with Gasteiger partial charge in [-0.25, -0.2) is 4.79 Å². The van der Waals surface area contributed by atoms with Gasteiger partial charge in [-0.1, -0.05) is 12.1 Å². The zero-order valence-electron chi connectivity index (χ0n) is 9.91. The number of aromatic hydroxyl groups is 2. The molecule has 0 heterocycles. The van der Waals surface area contributed by atoms with Crippen molar-refractivity contribution in [3.8, 4) is 17.2 Å². The Kier molecular flexibility index (Phi) is 3.56. The smallest absolute Gasteiger partial charge is 0.339 e. The first-order valence-corrected chi connectivity index (χ1v) is 5.53. The number of phenolic OH excluding ortho intramolecular Hbond substituents is 1. The summed E-state index contributed by atoms with van der Waals surface area (Å²) in [6.45, 7) is 0.256. The maximum absolute atomic E-state index is 10.7. The minimum atomic E-state index is -1.19. The summed E-state index contributed by atoms with van der Waals surface area (Å²) in [6, 6.07) is 10.5. The Morgan fingerprint density at radius 3 is 2.32 bits per heavy atom. The molecule has 5 heteroatoms. The number of carboxylic acids is 1. The van der Waals surface area contributed by atoms with Crippen molar-refractivity contribution in [2.45, 2.75) is 6.61 Å². The highest BCUT2D eigenvalue weighted by Gasteiger charge is 2.10. The van der Waals surface area contributed by atoms with Gasteiger partial charge in [0.25, 0.3) is 0 Å². The second-order valence-electron chi connectivity index (χ2n) is 3.94. The van der Waals surface area contributed by atoms with Gasteiger partial charge < -0.3 is 20.1 Å². The number of carbonyl (C=O) groups is 1. The molecule has 0 bridgehead atoms. The highest BCUT2D eigenvalue weighted by Crippen LogP contribution is 2.24. The summed E-state index contributed by atoms with van der Waals surface area (Å²) in [7, 11) is 0. The molecule has 2 aromatic carbocycles. The first-order chi connectivity index (χ1) is 9.06. The van der Waals surface area contributed by atoms with Crippen molar-refractivity contribution in [1.29, 1.82) is 0 Å². The van der Waals surface area contributed by atoms with Crippen molar-refractivity contribution in [3.63, 3.8) is 0 Å². The molecular weight excluding hydrogens is 248 g/mol. The molecule has 0 spiro atoms. The van der Waals surface area contributed by atoms with Gasteiger partial charge in [0.1, 0.15) is 29.4 Å². The summed E-state index contributed by atoms with van der Waals surface area (Å²) in [5.74, 6) is -0.985. The molecule has 0 saturated carbocycles. The first-order valence-electron chi connectivity index (χ1n) is 5.53. The van der Waals surface area contributed by atoms with Gasteiger partial charge in [-0.3, -0.25) is 0 Å². The second-order valence-corrected chi connectivity index (χ2v) is 3.94. The molecule has 0 aliphatic rings. The minimum absolute atomic E-state index is 0.169. The Morgan fingerprint density at radius 1 is 1.05 bits per heavy atom. The monoisotopic (exact) mass is 260 g/mol. The van der Waals surface area contributed by atoms with E-state index in [1.54, 1.807) is 24.3 Å². The van der Waals surface area contributed by atoms with Crippen LogP contribution in [0.4, 0.5) is 0 Å². The molecule has 0 unspecified atom stereocenters. The van der Waals surface area contributed by atoms with Gasteiger partial charge in [0, 0.05) is 6.07 Å². The van der Waals surface area contributed by atoms with E-state index < -0.39 is 5.97 Å². The normalized spacial score (nSPS) is 10.1.